The normalized spacial score (nSPS) is 27.0. The zero-order chi connectivity index (χ0) is 34.0. The summed E-state index contributed by atoms with van der Waals surface area (Å²) in [6, 6.07) is 4.34. The smallest absolute Gasteiger partial charge is 0.245 e. The van der Waals surface area contributed by atoms with Crippen LogP contribution in [-0.4, -0.2) is 70.5 Å². The molecule has 6 rings (SSSR count). The number of carbonyl (C=O) groups excluding carboxylic acids is 3. The standard InChI is InChI=1S/C37H47N5O5S/c1-6-37-18-24(37)12-10-8-7-9-11-13-27(38-21-43)36(45)42-19-25(16-30(42)34(44)41-37)47-32-17-28(35-40-29(20-48-35)22(2)3)39-33-23(4)31(46-5)15-14-26(32)33/h10,12,14-15,17,20-22,24-25,27,30H,6-9,11,13,16,18-19H2,1-5H3,(H,38,43)(H,41,44)/b12-10-/t24-,25-,27+,30?,37-/m1/s1. The van der Waals surface area contributed by atoms with E-state index in [2.05, 4.69) is 48.9 Å². The van der Waals surface area contributed by atoms with Crippen molar-refractivity contribution in [2.24, 2.45) is 5.92 Å². The number of aryl methyl sites for hydroxylation is 1. The van der Waals surface area contributed by atoms with Crippen molar-refractivity contribution in [3.63, 3.8) is 0 Å². The highest BCUT2D eigenvalue weighted by Crippen LogP contribution is 2.47. The minimum atomic E-state index is -0.723. The number of carbonyl (C=O) groups is 3. The van der Waals surface area contributed by atoms with Crippen LogP contribution in [0, 0.1) is 12.8 Å². The fourth-order valence-electron chi connectivity index (χ4n) is 7.19. The third-order valence-corrected chi connectivity index (χ3v) is 11.2. The predicted octanol–water partition coefficient (Wildman–Crippen LogP) is 6.07. The van der Waals surface area contributed by atoms with E-state index in [9.17, 15) is 14.4 Å². The zero-order valence-corrected chi connectivity index (χ0v) is 29.4. The number of benzene rings is 1. The molecule has 2 aliphatic heterocycles. The van der Waals surface area contributed by atoms with Gasteiger partial charge in [0.15, 0.2) is 0 Å². The minimum absolute atomic E-state index is 0.170. The van der Waals surface area contributed by atoms with Crippen molar-refractivity contribution in [1.82, 2.24) is 25.5 Å². The SMILES string of the molecule is CC[C@@]12C[C@H]1/C=C\CCCCC[C@H](NC=O)C(=O)N1C[C@H](Oc3cc(-c4nc(C(C)C)cs4)nc4c(C)c(OC)ccc34)CC1C(=O)N2. The fourth-order valence-corrected chi connectivity index (χ4v) is 8.13. The average molecular weight is 674 g/mol. The number of fused-ring (bicyclic) bond motifs is 3. The number of ether oxygens (including phenoxy) is 2. The number of nitrogens with zero attached hydrogens (tertiary/aromatic N) is 3. The molecule has 1 unspecified atom stereocenters. The summed E-state index contributed by atoms with van der Waals surface area (Å²) in [4.78, 5) is 51.3. The fraction of sp³-hybridized carbons (Fsp3) is 0.541. The number of methoxy groups -OCH3 is 1. The van der Waals surface area contributed by atoms with Gasteiger partial charge in [-0.1, -0.05) is 45.8 Å². The molecule has 0 spiro atoms. The monoisotopic (exact) mass is 673 g/mol. The largest absolute Gasteiger partial charge is 0.496 e. The van der Waals surface area contributed by atoms with Crippen LogP contribution in [0.15, 0.2) is 35.7 Å². The summed E-state index contributed by atoms with van der Waals surface area (Å²) in [5.41, 5.74) is 3.04. The molecule has 2 aromatic heterocycles. The van der Waals surface area contributed by atoms with E-state index in [1.165, 1.54) is 0 Å². The first-order valence-corrected chi connectivity index (χ1v) is 18.2. The molecular weight excluding hydrogens is 627 g/mol. The van der Waals surface area contributed by atoms with E-state index in [1.54, 1.807) is 23.3 Å². The van der Waals surface area contributed by atoms with Crippen molar-refractivity contribution in [3.05, 3.63) is 47.0 Å². The number of thiazole rings is 1. The van der Waals surface area contributed by atoms with Gasteiger partial charge in [-0.15, -0.1) is 11.3 Å². The molecule has 1 saturated heterocycles. The first-order valence-electron chi connectivity index (χ1n) is 17.3. The molecule has 1 saturated carbocycles. The predicted molar refractivity (Wildman–Crippen MR) is 187 cm³/mol. The number of allylic oxidation sites excluding steroid dienone is 1. The summed E-state index contributed by atoms with van der Waals surface area (Å²) in [6.45, 7) is 8.53. The molecule has 5 atom stereocenters. The molecule has 10 nitrogen and oxygen atoms in total. The van der Waals surface area contributed by atoms with Crippen LogP contribution in [0.3, 0.4) is 0 Å². The van der Waals surface area contributed by atoms with Crippen molar-refractivity contribution < 1.29 is 23.9 Å². The first-order chi connectivity index (χ1) is 23.2. The summed E-state index contributed by atoms with van der Waals surface area (Å²) in [7, 11) is 1.64. The number of nitrogens with one attached hydrogen (secondary N) is 2. The van der Waals surface area contributed by atoms with Crippen LogP contribution in [-0.2, 0) is 14.4 Å². The van der Waals surface area contributed by atoms with Gasteiger partial charge in [0.25, 0.3) is 0 Å². The van der Waals surface area contributed by atoms with Crippen molar-refractivity contribution in [2.45, 2.75) is 109 Å². The van der Waals surface area contributed by atoms with Crippen LogP contribution < -0.4 is 20.1 Å². The Morgan fingerprint density at radius 3 is 2.75 bits per heavy atom. The third kappa shape index (κ3) is 6.79. The second-order valence-corrected chi connectivity index (χ2v) is 14.6. The molecule has 3 aromatic rings. The van der Waals surface area contributed by atoms with Crippen LogP contribution in [0.4, 0.5) is 0 Å². The maximum atomic E-state index is 14.1. The maximum Gasteiger partial charge on any atom is 0.245 e. The maximum absolute atomic E-state index is 14.1. The van der Waals surface area contributed by atoms with Crippen LogP contribution in [0.1, 0.15) is 89.3 Å². The van der Waals surface area contributed by atoms with Crippen molar-refractivity contribution in [1.29, 1.82) is 0 Å². The molecule has 48 heavy (non-hydrogen) atoms. The lowest BCUT2D eigenvalue weighted by Crippen LogP contribution is -2.54. The first kappa shape index (κ1) is 33.9. The molecule has 1 aromatic carbocycles. The van der Waals surface area contributed by atoms with Crippen molar-refractivity contribution in [2.75, 3.05) is 13.7 Å². The summed E-state index contributed by atoms with van der Waals surface area (Å²) in [5, 5.41) is 9.76. The van der Waals surface area contributed by atoms with E-state index in [0.29, 0.717) is 36.6 Å². The van der Waals surface area contributed by atoms with Gasteiger partial charge >= 0.3 is 0 Å². The lowest BCUT2D eigenvalue weighted by molar-refractivity contribution is -0.141. The summed E-state index contributed by atoms with van der Waals surface area (Å²) < 4.78 is 12.4. The van der Waals surface area contributed by atoms with Crippen molar-refractivity contribution in [3.8, 4) is 22.2 Å². The van der Waals surface area contributed by atoms with Gasteiger partial charge in [0.05, 0.1) is 24.9 Å². The molecule has 1 aliphatic carbocycles. The number of hydrogen-bond donors (Lipinski definition) is 2. The quantitative estimate of drug-likeness (QED) is 0.220. The van der Waals surface area contributed by atoms with E-state index in [1.807, 2.05) is 25.1 Å². The van der Waals surface area contributed by atoms with Gasteiger partial charge < -0.3 is 25.0 Å². The van der Waals surface area contributed by atoms with E-state index in [-0.39, 0.29) is 29.8 Å². The highest BCUT2D eigenvalue weighted by Gasteiger charge is 2.54. The second kappa shape index (κ2) is 14.2. The summed E-state index contributed by atoms with van der Waals surface area (Å²) in [6.07, 6.45) is 10.9. The Balaban J connectivity index is 1.35. The molecule has 256 valence electrons. The Kier molecular flexibility index (Phi) is 10.1. The van der Waals surface area contributed by atoms with Gasteiger partial charge in [0.1, 0.15) is 40.4 Å². The Morgan fingerprint density at radius 2 is 2.02 bits per heavy atom. The summed E-state index contributed by atoms with van der Waals surface area (Å²) >= 11 is 1.54. The van der Waals surface area contributed by atoms with Gasteiger partial charge in [-0.2, -0.15) is 0 Å². The summed E-state index contributed by atoms with van der Waals surface area (Å²) in [5.74, 6) is 1.50. The van der Waals surface area contributed by atoms with E-state index in [0.717, 1.165) is 71.4 Å². The van der Waals surface area contributed by atoms with Gasteiger partial charge in [0, 0.05) is 40.3 Å². The molecular formula is C37H47N5O5S. The lowest BCUT2D eigenvalue weighted by Gasteiger charge is -2.29. The van der Waals surface area contributed by atoms with Gasteiger partial charge in [-0.05, 0) is 57.1 Å². The number of hydrogen-bond acceptors (Lipinski definition) is 8. The van der Waals surface area contributed by atoms with E-state index >= 15 is 0 Å². The van der Waals surface area contributed by atoms with Gasteiger partial charge in [-0.3, -0.25) is 14.4 Å². The lowest BCUT2D eigenvalue weighted by atomic mass is 10.1. The molecule has 3 aliphatic rings. The minimum Gasteiger partial charge on any atom is -0.496 e. The van der Waals surface area contributed by atoms with E-state index in [4.69, 9.17) is 19.4 Å². The van der Waals surface area contributed by atoms with Crippen LogP contribution >= 0.6 is 11.3 Å². The van der Waals surface area contributed by atoms with Gasteiger partial charge in [-0.25, -0.2) is 9.97 Å². The molecule has 11 heteroatoms. The molecule has 0 bridgehead atoms. The highest BCUT2D eigenvalue weighted by atomic mass is 32.1. The Hall–Kier alpha value is -3.99. The van der Waals surface area contributed by atoms with Crippen molar-refractivity contribution >= 4 is 40.5 Å². The Labute approximate surface area is 286 Å². The number of pyridine rings is 1. The molecule has 3 amide bonds. The Morgan fingerprint density at radius 1 is 1.19 bits per heavy atom. The molecule has 2 N–H and O–H groups in total. The average Bonchev–Trinajstić information content (AvgIpc) is 3.38. The zero-order valence-electron chi connectivity index (χ0n) is 28.6. The number of rotatable bonds is 8. The Bertz CT molecular complexity index is 1700. The van der Waals surface area contributed by atoms with Crippen LogP contribution in [0.25, 0.3) is 21.6 Å². The topological polar surface area (TPSA) is 123 Å². The molecule has 4 heterocycles. The van der Waals surface area contributed by atoms with Gasteiger partial charge in [0.2, 0.25) is 18.2 Å². The second-order valence-electron chi connectivity index (χ2n) is 13.7. The van der Waals surface area contributed by atoms with Crippen LogP contribution in [0.2, 0.25) is 0 Å². The number of amides is 3. The third-order valence-electron chi connectivity index (χ3n) is 10.3. The van der Waals surface area contributed by atoms with E-state index < -0.39 is 18.2 Å². The highest BCUT2D eigenvalue weighted by molar-refractivity contribution is 7.13. The molecule has 0 radical (unpaired) electrons. The number of aromatic nitrogens is 2. The molecule has 2 fully saturated rings. The van der Waals surface area contributed by atoms with Crippen LogP contribution in [0.5, 0.6) is 11.5 Å².